The van der Waals surface area contributed by atoms with E-state index in [1.807, 2.05) is 0 Å². The van der Waals surface area contributed by atoms with E-state index >= 15 is 0 Å². The van der Waals surface area contributed by atoms with Crippen LogP contribution in [0.25, 0.3) is 0 Å². The van der Waals surface area contributed by atoms with Crippen LogP contribution in [0, 0.1) is 0 Å². The number of carbonyl (C=O) groups excluding carboxylic acids is 5. The Hall–Kier alpha value is -4.21. The number of benzene rings is 2. The van der Waals surface area contributed by atoms with E-state index in [4.69, 9.17) is 4.74 Å². The predicted octanol–water partition coefficient (Wildman–Crippen LogP) is 3.08. The second-order valence-corrected chi connectivity index (χ2v) is 9.58. The van der Waals surface area contributed by atoms with Crippen molar-refractivity contribution >= 4 is 35.4 Å². The minimum atomic E-state index is -0.698. The molecule has 3 rings (SSSR count). The van der Waals surface area contributed by atoms with E-state index in [1.165, 1.54) is 23.1 Å². The number of rotatable bonds is 7. The number of hydrogen-bond acceptors (Lipinski definition) is 6. The summed E-state index contributed by atoms with van der Waals surface area (Å²) in [5.74, 6) is -1.70. The summed E-state index contributed by atoms with van der Waals surface area (Å²) in [5, 5.41) is 7.85. The number of anilines is 1. The molecular weight excluding hydrogens is 464 g/mol. The first-order valence-electron chi connectivity index (χ1n) is 11.5. The average molecular weight is 495 g/mol. The van der Waals surface area contributed by atoms with Crippen LogP contribution in [0.1, 0.15) is 71.3 Å². The molecule has 5 amide bonds. The van der Waals surface area contributed by atoms with Crippen LogP contribution in [0.4, 0.5) is 10.5 Å². The summed E-state index contributed by atoms with van der Waals surface area (Å²) in [6, 6.07) is 11.0. The molecule has 0 fully saturated rings. The molecule has 3 N–H and O–H groups in total. The molecule has 0 atom stereocenters. The molecule has 0 saturated heterocycles. The van der Waals surface area contributed by atoms with E-state index in [0.717, 1.165) is 0 Å². The van der Waals surface area contributed by atoms with Crippen LogP contribution in [-0.4, -0.2) is 52.8 Å². The van der Waals surface area contributed by atoms with Crippen LogP contribution in [-0.2, 0) is 16.1 Å². The fourth-order valence-corrected chi connectivity index (χ4v) is 3.58. The molecule has 10 heteroatoms. The van der Waals surface area contributed by atoms with Crippen molar-refractivity contribution in [3.8, 4) is 0 Å². The number of nitrogens with zero attached hydrogens (tertiary/aromatic N) is 1. The van der Waals surface area contributed by atoms with Gasteiger partial charge in [-0.05, 0) is 64.4 Å². The molecule has 1 heterocycles. The van der Waals surface area contributed by atoms with E-state index in [2.05, 4.69) is 16.0 Å². The fourth-order valence-electron chi connectivity index (χ4n) is 3.58. The van der Waals surface area contributed by atoms with Crippen LogP contribution in [0.15, 0.2) is 42.5 Å². The summed E-state index contributed by atoms with van der Waals surface area (Å²) in [4.78, 5) is 63.1. The van der Waals surface area contributed by atoms with Gasteiger partial charge in [-0.1, -0.05) is 18.2 Å². The Morgan fingerprint density at radius 1 is 0.944 bits per heavy atom. The Kier molecular flexibility index (Phi) is 7.77. The minimum absolute atomic E-state index is 0.103. The zero-order valence-corrected chi connectivity index (χ0v) is 20.9. The first-order chi connectivity index (χ1) is 16.9. The molecular formula is C26H30N4O6. The molecule has 1 aliphatic rings. The largest absolute Gasteiger partial charge is 0.444 e. The SMILES string of the molecule is CC(C)N1C(=O)c2ccc(C(=O)Nc3ccccc3CNC(=O)CNC(=O)OC(C)(C)C)cc2C1=O. The number of alkyl carbamates (subject to hydrolysis) is 1. The van der Waals surface area contributed by atoms with Crippen LogP contribution >= 0.6 is 0 Å². The fraction of sp³-hybridized carbons (Fsp3) is 0.346. The normalized spacial score (nSPS) is 12.9. The summed E-state index contributed by atoms with van der Waals surface area (Å²) in [7, 11) is 0. The number of carbonyl (C=O) groups is 5. The van der Waals surface area contributed by atoms with Crippen LogP contribution in [0.2, 0.25) is 0 Å². The van der Waals surface area contributed by atoms with E-state index in [-0.39, 0.29) is 41.7 Å². The van der Waals surface area contributed by atoms with Gasteiger partial charge in [0.1, 0.15) is 12.1 Å². The molecule has 36 heavy (non-hydrogen) atoms. The van der Waals surface area contributed by atoms with E-state index in [9.17, 15) is 24.0 Å². The summed E-state index contributed by atoms with van der Waals surface area (Å²) in [5.41, 5.74) is 1.12. The zero-order valence-electron chi connectivity index (χ0n) is 20.9. The molecule has 2 aromatic rings. The van der Waals surface area contributed by atoms with Crippen LogP contribution < -0.4 is 16.0 Å². The summed E-state index contributed by atoms with van der Waals surface area (Å²) in [6.07, 6.45) is -0.698. The number of para-hydroxylation sites is 1. The minimum Gasteiger partial charge on any atom is -0.444 e. The third kappa shape index (κ3) is 6.26. The summed E-state index contributed by atoms with van der Waals surface area (Å²) in [6.45, 7) is 8.50. The maximum absolute atomic E-state index is 12.9. The number of imide groups is 1. The van der Waals surface area contributed by atoms with Crippen LogP contribution in [0.5, 0.6) is 0 Å². The van der Waals surface area contributed by atoms with Gasteiger partial charge < -0.3 is 20.7 Å². The molecule has 0 spiro atoms. The van der Waals surface area contributed by atoms with E-state index < -0.39 is 29.4 Å². The Balaban J connectivity index is 1.63. The maximum Gasteiger partial charge on any atom is 0.408 e. The van der Waals surface area contributed by atoms with Crippen molar-refractivity contribution in [3.63, 3.8) is 0 Å². The summed E-state index contributed by atoms with van der Waals surface area (Å²) < 4.78 is 5.09. The molecule has 0 aliphatic carbocycles. The predicted molar refractivity (Wildman–Crippen MR) is 133 cm³/mol. The Morgan fingerprint density at radius 3 is 2.28 bits per heavy atom. The second kappa shape index (κ2) is 10.6. The Bertz CT molecular complexity index is 1220. The van der Waals surface area contributed by atoms with Gasteiger partial charge in [0.25, 0.3) is 17.7 Å². The lowest BCUT2D eigenvalue weighted by Gasteiger charge is -2.19. The molecule has 190 valence electrons. The highest BCUT2D eigenvalue weighted by atomic mass is 16.6. The molecule has 0 bridgehead atoms. The van der Waals surface area contributed by atoms with Gasteiger partial charge in [-0.3, -0.25) is 24.1 Å². The molecule has 0 radical (unpaired) electrons. The lowest BCUT2D eigenvalue weighted by atomic mass is 10.0. The van der Waals surface area contributed by atoms with Crippen molar-refractivity contribution in [1.29, 1.82) is 0 Å². The third-order valence-corrected chi connectivity index (χ3v) is 5.23. The smallest absolute Gasteiger partial charge is 0.408 e. The average Bonchev–Trinajstić information content (AvgIpc) is 3.05. The van der Waals surface area contributed by atoms with Crippen molar-refractivity contribution < 1.29 is 28.7 Å². The molecule has 2 aromatic carbocycles. The summed E-state index contributed by atoms with van der Waals surface area (Å²) >= 11 is 0. The van der Waals surface area contributed by atoms with Gasteiger partial charge in [0.05, 0.1) is 11.1 Å². The van der Waals surface area contributed by atoms with Gasteiger partial charge in [0, 0.05) is 23.8 Å². The number of nitrogens with one attached hydrogen (secondary N) is 3. The topological polar surface area (TPSA) is 134 Å². The van der Waals surface area contributed by atoms with Crippen molar-refractivity contribution in [2.24, 2.45) is 0 Å². The van der Waals surface area contributed by atoms with Gasteiger partial charge in [0.15, 0.2) is 0 Å². The Morgan fingerprint density at radius 2 is 1.61 bits per heavy atom. The monoisotopic (exact) mass is 494 g/mol. The number of hydrogen-bond donors (Lipinski definition) is 3. The number of amides is 5. The van der Waals surface area contributed by atoms with Gasteiger partial charge in [0.2, 0.25) is 5.91 Å². The van der Waals surface area contributed by atoms with Crippen molar-refractivity contribution in [1.82, 2.24) is 15.5 Å². The van der Waals surface area contributed by atoms with Gasteiger partial charge >= 0.3 is 6.09 Å². The third-order valence-electron chi connectivity index (χ3n) is 5.23. The highest BCUT2D eigenvalue weighted by molar-refractivity contribution is 6.22. The second-order valence-electron chi connectivity index (χ2n) is 9.58. The van der Waals surface area contributed by atoms with E-state index in [0.29, 0.717) is 11.3 Å². The highest BCUT2D eigenvalue weighted by Gasteiger charge is 2.37. The van der Waals surface area contributed by atoms with Crippen molar-refractivity contribution in [2.45, 2.75) is 52.8 Å². The first-order valence-corrected chi connectivity index (χ1v) is 11.5. The highest BCUT2D eigenvalue weighted by Crippen LogP contribution is 2.26. The number of ether oxygens (including phenoxy) is 1. The van der Waals surface area contributed by atoms with Gasteiger partial charge in [-0.15, -0.1) is 0 Å². The van der Waals surface area contributed by atoms with E-state index in [1.54, 1.807) is 58.9 Å². The van der Waals surface area contributed by atoms with Crippen molar-refractivity contribution in [3.05, 3.63) is 64.7 Å². The lowest BCUT2D eigenvalue weighted by Crippen LogP contribution is -2.39. The first kappa shape index (κ1) is 26.4. The molecule has 10 nitrogen and oxygen atoms in total. The standard InChI is InChI=1S/C26H30N4O6/c1-15(2)30-23(33)18-11-10-16(12-19(18)24(30)34)22(32)29-20-9-7-6-8-17(20)13-27-21(31)14-28-25(35)36-26(3,4)5/h6-12,15H,13-14H2,1-5H3,(H,27,31)(H,28,35)(H,29,32). The molecule has 0 saturated carbocycles. The Labute approximate surface area is 209 Å². The number of fused-ring (bicyclic) bond motifs is 1. The zero-order chi connectivity index (χ0) is 26.6. The maximum atomic E-state index is 12.9. The van der Waals surface area contributed by atoms with Crippen LogP contribution in [0.3, 0.4) is 0 Å². The quantitative estimate of drug-likeness (QED) is 0.507. The molecule has 0 unspecified atom stereocenters. The van der Waals surface area contributed by atoms with Crippen molar-refractivity contribution in [2.75, 3.05) is 11.9 Å². The molecule has 0 aromatic heterocycles. The van der Waals surface area contributed by atoms with Gasteiger partial charge in [-0.2, -0.15) is 0 Å². The lowest BCUT2D eigenvalue weighted by molar-refractivity contribution is -0.120. The van der Waals surface area contributed by atoms with Gasteiger partial charge in [-0.25, -0.2) is 4.79 Å². The molecule has 1 aliphatic heterocycles.